The Hall–Kier alpha value is -1.35. The van der Waals surface area contributed by atoms with Crippen LogP contribution in [0.3, 0.4) is 0 Å². The van der Waals surface area contributed by atoms with Crippen LogP contribution < -0.4 is 10.6 Å². The summed E-state index contributed by atoms with van der Waals surface area (Å²) < 4.78 is 0. The number of rotatable bonds is 3. The molecule has 1 aromatic rings. The molecule has 2 N–H and O–H groups in total. The van der Waals surface area contributed by atoms with Crippen LogP contribution in [0.15, 0.2) is 24.3 Å². The number of carbonyl (C=O) groups excluding carboxylic acids is 1. The molecule has 1 aliphatic rings. The van der Waals surface area contributed by atoms with E-state index >= 15 is 0 Å². The molecule has 1 fully saturated rings. The number of amides is 1. The number of benzene rings is 1. The van der Waals surface area contributed by atoms with Gasteiger partial charge < -0.3 is 10.6 Å². The predicted molar refractivity (Wildman–Crippen MR) is 77.9 cm³/mol. The summed E-state index contributed by atoms with van der Waals surface area (Å²) in [5, 5.41) is 6.43. The Morgan fingerprint density at radius 2 is 2.16 bits per heavy atom. The Labute approximate surface area is 115 Å². The number of aryl methyl sites for hydroxylation is 1. The lowest BCUT2D eigenvalue weighted by atomic mass is 9.93. The SMILES string of the molecule is Cc1ccccc1C(C)NC(=O)C1CC(C)CCN1. The van der Waals surface area contributed by atoms with E-state index in [4.69, 9.17) is 0 Å². The van der Waals surface area contributed by atoms with E-state index in [9.17, 15) is 4.79 Å². The van der Waals surface area contributed by atoms with Crippen molar-refractivity contribution in [3.63, 3.8) is 0 Å². The standard InChI is InChI=1S/C16H24N2O/c1-11-8-9-17-15(10-11)16(19)18-13(3)14-7-5-4-6-12(14)2/h4-7,11,13,15,17H,8-10H2,1-3H3,(H,18,19). The van der Waals surface area contributed by atoms with Crippen LogP contribution in [0.1, 0.15) is 43.9 Å². The largest absolute Gasteiger partial charge is 0.348 e. The smallest absolute Gasteiger partial charge is 0.237 e. The van der Waals surface area contributed by atoms with Crippen LogP contribution in [0.25, 0.3) is 0 Å². The van der Waals surface area contributed by atoms with Crippen molar-refractivity contribution in [1.82, 2.24) is 10.6 Å². The van der Waals surface area contributed by atoms with E-state index in [0.29, 0.717) is 5.92 Å². The summed E-state index contributed by atoms with van der Waals surface area (Å²) in [6.45, 7) is 7.29. The van der Waals surface area contributed by atoms with Gasteiger partial charge in [-0.3, -0.25) is 4.79 Å². The molecular weight excluding hydrogens is 236 g/mol. The Balaban J connectivity index is 1.97. The topological polar surface area (TPSA) is 41.1 Å². The molecule has 0 radical (unpaired) electrons. The summed E-state index contributed by atoms with van der Waals surface area (Å²) in [4.78, 5) is 12.3. The minimum absolute atomic E-state index is 0.0322. The van der Waals surface area contributed by atoms with Crippen LogP contribution in [0.2, 0.25) is 0 Å². The van der Waals surface area contributed by atoms with Gasteiger partial charge in [0.25, 0.3) is 0 Å². The van der Waals surface area contributed by atoms with E-state index in [2.05, 4.69) is 36.6 Å². The summed E-state index contributed by atoms with van der Waals surface area (Å²) in [6, 6.07) is 8.24. The molecular formula is C16H24N2O. The summed E-state index contributed by atoms with van der Waals surface area (Å²) in [5.41, 5.74) is 2.42. The molecule has 0 saturated carbocycles. The fourth-order valence-electron chi connectivity index (χ4n) is 2.77. The van der Waals surface area contributed by atoms with Crippen molar-refractivity contribution in [2.45, 2.75) is 45.7 Å². The summed E-state index contributed by atoms with van der Waals surface area (Å²) in [5.74, 6) is 0.757. The van der Waals surface area contributed by atoms with E-state index in [-0.39, 0.29) is 18.0 Å². The van der Waals surface area contributed by atoms with Gasteiger partial charge in [0, 0.05) is 0 Å². The van der Waals surface area contributed by atoms with Crippen LogP contribution in [0.5, 0.6) is 0 Å². The molecule has 1 heterocycles. The molecule has 19 heavy (non-hydrogen) atoms. The number of nitrogens with one attached hydrogen (secondary N) is 2. The van der Waals surface area contributed by atoms with Gasteiger partial charge >= 0.3 is 0 Å². The highest BCUT2D eigenvalue weighted by Gasteiger charge is 2.25. The third-order valence-electron chi connectivity index (χ3n) is 4.00. The normalized spacial score (nSPS) is 24.8. The molecule has 104 valence electrons. The highest BCUT2D eigenvalue weighted by molar-refractivity contribution is 5.82. The van der Waals surface area contributed by atoms with Crippen molar-refractivity contribution < 1.29 is 4.79 Å². The van der Waals surface area contributed by atoms with Gasteiger partial charge in [0.1, 0.15) is 0 Å². The van der Waals surface area contributed by atoms with Gasteiger partial charge in [-0.2, -0.15) is 0 Å². The van der Waals surface area contributed by atoms with Gasteiger partial charge in [-0.1, -0.05) is 31.2 Å². The van der Waals surface area contributed by atoms with Crippen LogP contribution in [-0.4, -0.2) is 18.5 Å². The van der Waals surface area contributed by atoms with Gasteiger partial charge in [0.2, 0.25) is 5.91 Å². The third kappa shape index (κ3) is 3.57. The second-order valence-corrected chi connectivity index (χ2v) is 5.72. The van der Waals surface area contributed by atoms with Gasteiger partial charge in [-0.15, -0.1) is 0 Å². The lowest BCUT2D eigenvalue weighted by Crippen LogP contribution is -2.48. The second kappa shape index (κ2) is 6.20. The third-order valence-corrected chi connectivity index (χ3v) is 4.00. The summed E-state index contributed by atoms with van der Waals surface area (Å²) >= 11 is 0. The Kier molecular flexibility index (Phi) is 4.59. The lowest BCUT2D eigenvalue weighted by Gasteiger charge is -2.28. The quantitative estimate of drug-likeness (QED) is 0.877. The minimum atomic E-state index is -0.0322. The molecule has 3 unspecified atom stereocenters. The average Bonchev–Trinajstić information content (AvgIpc) is 2.39. The van der Waals surface area contributed by atoms with E-state index in [1.165, 1.54) is 11.1 Å². The minimum Gasteiger partial charge on any atom is -0.348 e. The highest BCUT2D eigenvalue weighted by atomic mass is 16.2. The zero-order valence-corrected chi connectivity index (χ0v) is 12.1. The Bertz CT molecular complexity index is 444. The maximum atomic E-state index is 12.3. The predicted octanol–water partition coefficient (Wildman–Crippen LogP) is 2.56. The van der Waals surface area contributed by atoms with Crippen molar-refractivity contribution in [2.24, 2.45) is 5.92 Å². The number of hydrogen-bond acceptors (Lipinski definition) is 2. The zero-order valence-electron chi connectivity index (χ0n) is 12.1. The van der Waals surface area contributed by atoms with E-state index in [0.717, 1.165) is 19.4 Å². The molecule has 0 spiro atoms. The molecule has 3 heteroatoms. The molecule has 1 aliphatic heterocycles. The molecule has 3 nitrogen and oxygen atoms in total. The van der Waals surface area contributed by atoms with E-state index in [1.54, 1.807) is 0 Å². The average molecular weight is 260 g/mol. The first-order chi connectivity index (χ1) is 9.08. The molecule has 1 saturated heterocycles. The molecule has 0 aliphatic carbocycles. The first kappa shape index (κ1) is 14.1. The van der Waals surface area contributed by atoms with Gasteiger partial charge in [-0.25, -0.2) is 0 Å². The second-order valence-electron chi connectivity index (χ2n) is 5.72. The monoisotopic (exact) mass is 260 g/mol. The maximum absolute atomic E-state index is 12.3. The molecule has 0 bridgehead atoms. The van der Waals surface area contributed by atoms with Gasteiger partial charge in [-0.05, 0) is 50.3 Å². The Morgan fingerprint density at radius 3 is 2.84 bits per heavy atom. The number of carbonyl (C=O) groups is 1. The zero-order chi connectivity index (χ0) is 13.8. The summed E-state index contributed by atoms with van der Waals surface area (Å²) in [6.07, 6.45) is 2.10. The van der Waals surface area contributed by atoms with E-state index in [1.807, 2.05) is 19.1 Å². The molecule has 3 atom stereocenters. The Morgan fingerprint density at radius 1 is 1.42 bits per heavy atom. The molecule has 0 aromatic heterocycles. The van der Waals surface area contributed by atoms with Crippen LogP contribution in [-0.2, 0) is 4.79 Å². The van der Waals surface area contributed by atoms with Crippen molar-refractivity contribution in [2.75, 3.05) is 6.54 Å². The van der Waals surface area contributed by atoms with Gasteiger partial charge in [0.05, 0.1) is 12.1 Å². The molecule has 1 aromatic carbocycles. The van der Waals surface area contributed by atoms with Crippen LogP contribution in [0.4, 0.5) is 0 Å². The molecule has 1 amide bonds. The number of piperidine rings is 1. The van der Waals surface area contributed by atoms with Crippen molar-refractivity contribution in [1.29, 1.82) is 0 Å². The fraction of sp³-hybridized carbons (Fsp3) is 0.562. The highest BCUT2D eigenvalue weighted by Crippen LogP contribution is 2.19. The van der Waals surface area contributed by atoms with Crippen molar-refractivity contribution in [3.05, 3.63) is 35.4 Å². The van der Waals surface area contributed by atoms with E-state index < -0.39 is 0 Å². The molecule has 2 rings (SSSR count). The van der Waals surface area contributed by atoms with Crippen LogP contribution >= 0.6 is 0 Å². The summed E-state index contributed by atoms with van der Waals surface area (Å²) in [7, 11) is 0. The van der Waals surface area contributed by atoms with Crippen LogP contribution in [0, 0.1) is 12.8 Å². The van der Waals surface area contributed by atoms with Gasteiger partial charge in [0.15, 0.2) is 0 Å². The first-order valence-electron chi connectivity index (χ1n) is 7.17. The number of hydrogen-bond donors (Lipinski definition) is 2. The lowest BCUT2D eigenvalue weighted by molar-refractivity contribution is -0.124. The maximum Gasteiger partial charge on any atom is 0.237 e. The first-order valence-corrected chi connectivity index (χ1v) is 7.17. The fourth-order valence-corrected chi connectivity index (χ4v) is 2.77. The van der Waals surface area contributed by atoms with Crippen molar-refractivity contribution >= 4 is 5.91 Å². The van der Waals surface area contributed by atoms with Crippen molar-refractivity contribution in [3.8, 4) is 0 Å².